The van der Waals surface area contributed by atoms with Crippen molar-refractivity contribution in [3.05, 3.63) is 28.8 Å². The van der Waals surface area contributed by atoms with E-state index in [-0.39, 0.29) is 17.2 Å². The molecule has 8 heteroatoms. The predicted molar refractivity (Wildman–Crippen MR) is 89.0 cm³/mol. The summed E-state index contributed by atoms with van der Waals surface area (Å²) in [7, 11) is 1.28. The standard InChI is InChI=1S/C16H16N2O5S/c1-4-23-16(19)15-13(17)9-7-18-10-6-12(22-3)11(21-2)5-8(10)14(9)24(15)20/h5-7H,4,17H2,1-3H3. The summed E-state index contributed by atoms with van der Waals surface area (Å²) < 4.78 is 28.4. The second kappa shape index (κ2) is 6.12. The molecule has 0 aliphatic carbocycles. The lowest BCUT2D eigenvalue weighted by atomic mass is 10.1. The van der Waals surface area contributed by atoms with Gasteiger partial charge in [-0.3, -0.25) is 4.98 Å². The number of benzene rings is 1. The molecule has 0 spiro atoms. The number of nitrogens with two attached hydrogens (primary N) is 1. The SMILES string of the molecule is CCOC(=O)C1=C(N)c2cnc3cc(OC)c(OC)cc3c2S1=O. The van der Waals surface area contributed by atoms with Crippen molar-refractivity contribution in [2.24, 2.45) is 5.73 Å². The minimum atomic E-state index is -1.75. The Morgan fingerprint density at radius 2 is 1.92 bits per heavy atom. The fourth-order valence-corrected chi connectivity index (χ4v) is 4.04. The highest BCUT2D eigenvalue weighted by atomic mass is 32.2. The number of pyridine rings is 1. The molecule has 7 nitrogen and oxygen atoms in total. The summed E-state index contributed by atoms with van der Waals surface area (Å²) in [6.07, 6.45) is 1.50. The van der Waals surface area contributed by atoms with Crippen LogP contribution in [0.3, 0.4) is 0 Å². The van der Waals surface area contributed by atoms with E-state index in [0.29, 0.717) is 32.9 Å². The second-order valence-electron chi connectivity index (χ2n) is 4.96. The molecule has 1 aromatic heterocycles. The highest BCUT2D eigenvalue weighted by Crippen LogP contribution is 2.41. The van der Waals surface area contributed by atoms with Crippen LogP contribution in [0.4, 0.5) is 0 Å². The average molecular weight is 348 g/mol. The van der Waals surface area contributed by atoms with Crippen molar-refractivity contribution in [1.29, 1.82) is 0 Å². The smallest absolute Gasteiger partial charge is 0.349 e. The van der Waals surface area contributed by atoms with Crippen LogP contribution in [0, 0.1) is 0 Å². The van der Waals surface area contributed by atoms with Gasteiger partial charge >= 0.3 is 5.97 Å². The summed E-state index contributed by atoms with van der Waals surface area (Å²) in [5.41, 5.74) is 7.19. The fourth-order valence-electron chi connectivity index (χ4n) is 2.59. The molecule has 1 aliphatic rings. The van der Waals surface area contributed by atoms with Crippen molar-refractivity contribution in [3.63, 3.8) is 0 Å². The minimum absolute atomic E-state index is 0.0454. The second-order valence-corrected chi connectivity index (χ2v) is 6.31. The molecular weight excluding hydrogens is 332 g/mol. The van der Waals surface area contributed by atoms with Gasteiger partial charge in [0.05, 0.1) is 47.7 Å². The first-order valence-electron chi connectivity index (χ1n) is 7.17. The highest BCUT2D eigenvalue weighted by Gasteiger charge is 2.35. The van der Waals surface area contributed by atoms with E-state index in [2.05, 4.69) is 4.98 Å². The van der Waals surface area contributed by atoms with Gasteiger partial charge < -0.3 is 19.9 Å². The molecule has 0 saturated carbocycles. The number of rotatable bonds is 4. The Kier molecular flexibility index (Phi) is 4.15. The van der Waals surface area contributed by atoms with Crippen LogP contribution >= 0.6 is 0 Å². The molecule has 0 fully saturated rings. The van der Waals surface area contributed by atoms with Gasteiger partial charge in [-0.05, 0) is 13.0 Å². The number of hydrogen-bond donors (Lipinski definition) is 1. The quantitative estimate of drug-likeness (QED) is 0.837. The molecule has 126 valence electrons. The van der Waals surface area contributed by atoms with E-state index < -0.39 is 16.8 Å². The normalized spacial score (nSPS) is 16.2. The number of aromatic nitrogens is 1. The number of ether oxygens (including phenoxy) is 3. The number of nitrogens with zero attached hydrogens (tertiary/aromatic N) is 1. The Labute approximate surface area is 140 Å². The van der Waals surface area contributed by atoms with Gasteiger partial charge in [0.25, 0.3) is 0 Å². The summed E-state index contributed by atoms with van der Waals surface area (Å²) in [5.74, 6) is 0.297. The zero-order valence-electron chi connectivity index (χ0n) is 13.4. The molecule has 1 unspecified atom stereocenters. The summed E-state index contributed by atoms with van der Waals surface area (Å²) in [6, 6.07) is 3.36. The van der Waals surface area contributed by atoms with Crippen molar-refractivity contribution in [2.75, 3.05) is 20.8 Å². The molecule has 24 heavy (non-hydrogen) atoms. The van der Waals surface area contributed by atoms with Crippen LogP contribution in [0.2, 0.25) is 0 Å². The third-order valence-corrected chi connectivity index (χ3v) is 5.26. The summed E-state index contributed by atoms with van der Waals surface area (Å²) >= 11 is 0. The van der Waals surface area contributed by atoms with Gasteiger partial charge in [-0.2, -0.15) is 0 Å². The topological polar surface area (TPSA) is 101 Å². The molecular formula is C16H16N2O5S. The van der Waals surface area contributed by atoms with Crippen LogP contribution in [-0.4, -0.2) is 36.0 Å². The van der Waals surface area contributed by atoms with Crippen molar-refractivity contribution in [3.8, 4) is 11.5 Å². The Balaban J connectivity index is 2.23. The maximum atomic E-state index is 12.9. The predicted octanol–water partition coefficient (Wildman–Crippen LogP) is 1.56. The van der Waals surface area contributed by atoms with Crippen LogP contribution in [0.1, 0.15) is 12.5 Å². The van der Waals surface area contributed by atoms with Crippen molar-refractivity contribution < 1.29 is 23.2 Å². The zero-order valence-corrected chi connectivity index (χ0v) is 14.2. The number of methoxy groups -OCH3 is 2. The summed E-state index contributed by atoms with van der Waals surface area (Å²) in [6.45, 7) is 1.85. The lowest BCUT2D eigenvalue weighted by Crippen LogP contribution is -2.12. The van der Waals surface area contributed by atoms with E-state index in [1.54, 1.807) is 19.1 Å². The van der Waals surface area contributed by atoms with Gasteiger partial charge in [-0.25, -0.2) is 9.00 Å². The molecule has 2 heterocycles. The van der Waals surface area contributed by atoms with E-state index in [0.717, 1.165) is 0 Å². The molecule has 2 N–H and O–H groups in total. The maximum Gasteiger partial charge on any atom is 0.349 e. The zero-order chi connectivity index (χ0) is 17.4. The summed E-state index contributed by atoms with van der Waals surface area (Å²) in [4.78, 5) is 16.8. The van der Waals surface area contributed by atoms with Gasteiger partial charge in [0.2, 0.25) is 0 Å². The fraction of sp³-hybridized carbons (Fsp3) is 0.250. The third-order valence-electron chi connectivity index (χ3n) is 3.69. The molecule has 0 saturated heterocycles. The Morgan fingerprint density at radius 1 is 1.25 bits per heavy atom. The molecule has 0 bridgehead atoms. The van der Waals surface area contributed by atoms with Gasteiger partial charge in [0, 0.05) is 23.2 Å². The molecule has 1 aromatic carbocycles. The average Bonchev–Trinajstić information content (AvgIpc) is 2.84. The van der Waals surface area contributed by atoms with E-state index in [4.69, 9.17) is 19.9 Å². The van der Waals surface area contributed by atoms with Crippen molar-refractivity contribution >= 4 is 33.4 Å². The number of fused-ring (bicyclic) bond motifs is 3. The van der Waals surface area contributed by atoms with Crippen LogP contribution in [0.5, 0.6) is 11.5 Å². The van der Waals surface area contributed by atoms with E-state index in [9.17, 15) is 9.00 Å². The van der Waals surface area contributed by atoms with Crippen molar-refractivity contribution in [1.82, 2.24) is 4.98 Å². The molecule has 3 rings (SSSR count). The molecule has 0 radical (unpaired) electrons. The van der Waals surface area contributed by atoms with E-state index >= 15 is 0 Å². The Hall–Kier alpha value is -2.61. The largest absolute Gasteiger partial charge is 0.493 e. The van der Waals surface area contributed by atoms with Crippen LogP contribution in [0.25, 0.3) is 16.6 Å². The lowest BCUT2D eigenvalue weighted by Gasteiger charge is -2.11. The van der Waals surface area contributed by atoms with Gasteiger partial charge in [-0.1, -0.05) is 0 Å². The van der Waals surface area contributed by atoms with Crippen molar-refractivity contribution in [2.45, 2.75) is 11.8 Å². The number of esters is 1. The lowest BCUT2D eigenvalue weighted by molar-refractivity contribution is -0.137. The van der Waals surface area contributed by atoms with Crippen LogP contribution in [0.15, 0.2) is 28.1 Å². The monoisotopic (exact) mass is 348 g/mol. The van der Waals surface area contributed by atoms with Gasteiger partial charge in [-0.15, -0.1) is 0 Å². The first-order chi connectivity index (χ1) is 11.5. The van der Waals surface area contributed by atoms with Gasteiger partial charge in [0.1, 0.15) is 0 Å². The number of carbonyl (C=O) groups excluding carboxylic acids is 1. The van der Waals surface area contributed by atoms with Gasteiger partial charge in [0.15, 0.2) is 16.4 Å². The number of hydrogen-bond acceptors (Lipinski definition) is 7. The van der Waals surface area contributed by atoms with Crippen LogP contribution in [-0.2, 0) is 20.3 Å². The van der Waals surface area contributed by atoms with Crippen LogP contribution < -0.4 is 15.2 Å². The minimum Gasteiger partial charge on any atom is -0.493 e. The Bertz CT molecular complexity index is 907. The first kappa shape index (κ1) is 16.3. The van der Waals surface area contributed by atoms with E-state index in [1.165, 1.54) is 20.4 Å². The number of carbonyl (C=O) groups is 1. The van der Waals surface area contributed by atoms with E-state index in [1.807, 2.05) is 0 Å². The molecule has 1 aliphatic heterocycles. The molecule has 2 aromatic rings. The Morgan fingerprint density at radius 3 is 2.54 bits per heavy atom. The highest BCUT2D eigenvalue weighted by molar-refractivity contribution is 7.91. The maximum absolute atomic E-state index is 12.9. The molecule has 1 atom stereocenters. The first-order valence-corrected chi connectivity index (χ1v) is 8.32. The molecule has 0 amide bonds. The summed E-state index contributed by atoms with van der Waals surface area (Å²) in [5, 5.41) is 0.589. The third kappa shape index (κ3) is 2.30.